The molecular formula is C12H13F3N2O3. The van der Waals surface area contributed by atoms with Gasteiger partial charge in [-0.3, -0.25) is 0 Å². The highest BCUT2D eigenvalue weighted by atomic mass is 19.4. The van der Waals surface area contributed by atoms with Gasteiger partial charge in [0.2, 0.25) is 0 Å². The van der Waals surface area contributed by atoms with Crippen LogP contribution in [0.3, 0.4) is 0 Å². The number of likely N-dealkylation sites (tertiary alicyclic amines) is 1. The summed E-state index contributed by atoms with van der Waals surface area (Å²) in [4.78, 5) is 12.6. The number of nitrogens with zero attached hydrogens (tertiary/aromatic N) is 1. The lowest BCUT2D eigenvalue weighted by molar-refractivity contribution is -0.293. The number of alkyl halides is 3. The number of nitrogens with one attached hydrogen (secondary N) is 1. The van der Waals surface area contributed by atoms with E-state index in [1.807, 2.05) is 0 Å². The third kappa shape index (κ3) is 2.64. The number of carbonyl (C=O) groups is 1. The first-order valence-electron chi connectivity index (χ1n) is 5.74. The average Bonchev–Trinajstić information content (AvgIpc) is 2.34. The zero-order valence-electron chi connectivity index (χ0n) is 10.6. The van der Waals surface area contributed by atoms with Crippen LogP contribution in [0.4, 0.5) is 23.7 Å². The van der Waals surface area contributed by atoms with Gasteiger partial charge in [-0.15, -0.1) is 0 Å². The molecule has 1 aliphatic rings. The first-order chi connectivity index (χ1) is 9.25. The molecule has 0 unspecified atom stereocenters. The van der Waals surface area contributed by atoms with Crippen LogP contribution in [0.1, 0.15) is 0 Å². The Labute approximate surface area is 112 Å². The highest BCUT2D eigenvalue weighted by Crippen LogP contribution is 2.37. The van der Waals surface area contributed by atoms with E-state index in [2.05, 4.69) is 5.32 Å². The van der Waals surface area contributed by atoms with Crippen LogP contribution in [0.5, 0.6) is 5.75 Å². The Morgan fingerprint density at radius 1 is 1.35 bits per heavy atom. The van der Waals surface area contributed by atoms with Crippen molar-refractivity contribution in [2.75, 3.05) is 25.5 Å². The van der Waals surface area contributed by atoms with E-state index in [0.717, 1.165) is 4.90 Å². The van der Waals surface area contributed by atoms with Gasteiger partial charge in [0.25, 0.3) is 0 Å². The minimum atomic E-state index is -4.73. The summed E-state index contributed by atoms with van der Waals surface area (Å²) in [6, 6.07) is 5.65. The molecule has 2 rings (SSSR count). The van der Waals surface area contributed by atoms with Gasteiger partial charge < -0.3 is 20.1 Å². The Balaban J connectivity index is 1.91. The molecule has 8 heteroatoms. The molecule has 0 bridgehead atoms. The molecule has 1 aliphatic heterocycles. The molecule has 1 aromatic rings. The van der Waals surface area contributed by atoms with Crippen molar-refractivity contribution in [3.8, 4) is 5.75 Å². The Morgan fingerprint density at radius 2 is 1.90 bits per heavy atom. The maximum Gasteiger partial charge on any atom is 0.420 e. The summed E-state index contributed by atoms with van der Waals surface area (Å²) in [5.74, 6) is 0.596. The Hall–Kier alpha value is -1.96. The number of anilines is 1. The van der Waals surface area contributed by atoms with Crippen molar-refractivity contribution < 1.29 is 27.8 Å². The molecule has 0 saturated carbocycles. The summed E-state index contributed by atoms with van der Waals surface area (Å²) in [5, 5.41) is 11.7. The number of amides is 2. The Morgan fingerprint density at radius 3 is 2.35 bits per heavy atom. The van der Waals surface area contributed by atoms with Crippen molar-refractivity contribution in [3.05, 3.63) is 24.3 Å². The number of ether oxygens (including phenoxy) is 1. The van der Waals surface area contributed by atoms with E-state index >= 15 is 0 Å². The number of hydrogen-bond acceptors (Lipinski definition) is 3. The maximum atomic E-state index is 12.4. The molecule has 1 fully saturated rings. The number of methoxy groups -OCH3 is 1. The highest BCUT2D eigenvalue weighted by molar-refractivity contribution is 5.90. The fourth-order valence-corrected chi connectivity index (χ4v) is 1.78. The van der Waals surface area contributed by atoms with Crippen LogP contribution >= 0.6 is 0 Å². The molecule has 110 valence electrons. The standard InChI is InChI=1S/C12H13F3N2O3/c1-20-9-4-2-8(3-5-9)16-10(18)17-6-11(19,7-17)12(13,14)15/h2-5,19H,6-7H2,1H3,(H,16,18). The number of urea groups is 1. The second-order valence-corrected chi connectivity index (χ2v) is 4.54. The zero-order valence-corrected chi connectivity index (χ0v) is 10.6. The zero-order chi connectivity index (χ0) is 15.0. The van der Waals surface area contributed by atoms with Gasteiger partial charge in [0.05, 0.1) is 20.2 Å². The third-order valence-corrected chi connectivity index (χ3v) is 3.06. The van der Waals surface area contributed by atoms with E-state index in [1.54, 1.807) is 24.3 Å². The molecule has 0 radical (unpaired) electrons. The number of β-amino-alcohol motifs (C(OH)–C–C–N with tert-alkyl or cyclic N) is 1. The molecule has 2 N–H and O–H groups in total. The van der Waals surface area contributed by atoms with Crippen LogP contribution in [0, 0.1) is 0 Å². The summed E-state index contributed by atoms with van der Waals surface area (Å²) in [6.07, 6.45) is -4.73. The summed E-state index contributed by atoms with van der Waals surface area (Å²) in [6.45, 7) is -1.53. The molecule has 1 saturated heterocycles. The molecule has 0 aromatic heterocycles. The van der Waals surface area contributed by atoms with Gasteiger partial charge in [-0.2, -0.15) is 13.2 Å². The van der Waals surface area contributed by atoms with Gasteiger partial charge in [0.15, 0.2) is 5.60 Å². The van der Waals surface area contributed by atoms with Crippen molar-refractivity contribution in [1.29, 1.82) is 0 Å². The second-order valence-electron chi connectivity index (χ2n) is 4.54. The third-order valence-electron chi connectivity index (χ3n) is 3.06. The smallest absolute Gasteiger partial charge is 0.420 e. The van der Waals surface area contributed by atoms with Crippen LogP contribution in [-0.4, -0.2) is 48.0 Å². The van der Waals surface area contributed by atoms with E-state index < -0.39 is 30.9 Å². The first kappa shape index (κ1) is 14.4. The maximum absolute atomic E-state index is 12.4. The van der Waals surface area contributed by atoms with Crippen molar-refractivity contribution >= 4 is 11.7 Å². The summed E-state index contributed by atoms with van der Waals surface area (Å²) < 4.78 is 42.2. The van der Waals surface area contributed by atoms with Crippen molar-refractivity contribution in [2.45, 2.75) is 11.8 Å². The predicted octanol–water partition coefficient (Wildman–Crippen LogP) is 1.84. The molecule has 0 spiro atoms. The molecular weight excluding hydrogens is 277 g/mol. The van der Waals surface area contributed by atoms with Crippen molar-refractivity contribution in [3.63, 3.8) is 0 Å². The van der Waals surface area contributed by atoms with Gasteiger partial charge in [-0.25, -0.2) is 4.79 Å². The first-order valence-corrected chi connectivity index (χ1v) is 5.74. The normalized spacial score (nSPS) is 17.4. The molecule has 1 aromatic carbocycles. The predicted molar refractivity (Wildman–Crippen MR) is 64.6 cm³/mol. The van der Waals surface area contributed by atoms with Gasteiger partial charge in [0.1, 0.15) is 5.75 Å². The molecule has 0 atom stereocenters. The van der Waals surface area contributed by atoms with Gasteiger partial charge in [-0.05, 0) is 24.3 Å². The van der Waals surface area contributed by atoms with Gasteiger partial charge in [0, 0.05) is 5.69 Å². The second kappa shape index (κ2) is 4.86. The molecule has 0 aliphatic carbocycles. The number of rotatable bonds is 2. The lowest BCUT2D eigenvalue weighted by Crippen LogP contribution is -2.70. The molecule has 2 amide bonds. The number of hydrogen-bond donors (Lipinski definition) is 2. The van der Waals surface area contributed by atoms with Gasteiger partial charge in [-0.1, -0.05) is 0 Å². The van der Waals surface area contributed by atoms with E-state index in [4.69, 9.17) is 4.74 Å². The fraction of sp³-hybridized carbons (Fsp3) is 0.417. The highest BCUT2D eigenvalue weighted by Gasteiger charge is 2.62. The Bertz CT molecular complexity index is 496. The lowest BCUT2D eigenvalue weighted by Gasteiger charge is -2.46. The number of aliphatic hydroxyl groups is 1. The molecule has 1 heterocycles. The quantitative estimate of drug-likeness (QED) is 0.873. The van der Waals surface area contributed by atoms with E-state index in [0.29, 0.717) is 11.4 Å². The monoisotopic (exact) mass is 290 g/mol. The van der Waals surface area contributed by atoms with E-state index in [9.17, 15) is 23.1 Å². The SMILES string of the molecule is COc1ccc(NC(=O)N2CC(O)(C(F)(F)F)C2)cc1. The number of benzene rings is 1. The molecule has 5 nitrogen and oxygen atoms in total. The van der Waals surface area contributed by atoms with Gasteiger partial charge >= 0.3 is 12.2 Å². The largest absolute Gasteiger partial charge is 0.497 e. The lowest BCUT2D eigenvalue weighted by atomic mass is 9.94. The van der Waals surface area contributed by atoms with Crippen LogP contribution in [0.15, 0.2) is 24.3 Å². The van der Waals surface area contributed by atoms with Crippen molar-refractivity contribution in [2.24, 2.45) is 0 Å². The summed E-state index contributed by atoms with van der Waals surface area (Å²) in [5.41, 5.74) is -2.37. The fourth-order valence-electron chi connectivity index (χ4n) is 1.78. The summed E-state index contributed by atoms with van der Waals surface area (Å²) >= 11 is 0. The molecule has 20 heavy (non-hydrogen) atoms. The minimum absolute atomic E-state index is 0.429. The Kier molecular flexibility index (Phi) is 3.51. The minimum Gasteiger partial charge on any atom is -0.497 e. The summed E-state index contributed by atoms with van der Waals surface area (Å²) in [7, 11) is 1.49. The van der Waals surface area contributed by atoms with Crippen LogP contribution in [-0.2, 0) is 0 Å². The van der Waals surface area contributed by atoms with E-state index in [-0.39, 0.29) is 0 Å². The average molecular weight is 290 g/mol. The topological polar surface area (TPSA) is 61.8 Å². The van der Waals surface area contributed by atoms with Crippen LogP contribution in [0.25, 0.3) is 0 Å². The number of carbonyl (C=O) groups excluding carboxylic acids is 1. The van der Waals surface area contributed by atoms with Crippen LogP contribution in [0.2, 0.25) is 0 Å². The van der Waals surface area contributed by atoms with Crippen molar-refractivity contribution in [1.82, 2.24) is 4.90 Å². The van der Waals surface area contributed by atoms with Crippen LogP contribution < -0.4 is 10.1 Å². The van der Waals surface area contributed by atoms with E-state index in [1.165, 1.54) is 7.11 Å². The number of halogens is 3.